The molecule has 2 aromatic carbocycles. The quantitative estimate of drug-likeness (QED) is 0.885. The van der Waals surface area contributed by atoms with Gasteiger partial charge < -0.3 is 9.84 Å². The van der Waals surface area contributed by atoms with Gasteiger partial charge >= 0.3 is 0 Å². The summed E-state index contributed by atoms with van der Waals surface area (Å²) in [6, 6.07) is 15.8. The fourth-order valence-electron chi connectivity index (χ4n) is 2.65. The Hall–Kier alpha value is -2.06. The molecule has 0 saturated heterocycles. The van der Waals surface area contributed by atoms with E-state index >= 15 is 0 Å². The molecule has 2 aromatic rings. The van der Waals surface area contributed by atoms with E-state index < -0.39 is 6.10 Å². The molecule has 2 nitrogen and oxygen atoms in total. The van der Waals surface area contributed by atoms with E-state index in [0.29, 0.717) is 0 Å². The predicted molar refractivity (Wildman–Crippen MR) is 76.2 cm³/mol. The summed E-state index contributed by atoms with van der Waals surface area (Å²) >= 11 is 0. The number of hydrogen-bond acceptors (Lipinski definition) is 2. The minimum Gasteiger partial charge on any atom is -0.496 e. The van der Waals surface area contributed by atoms with Crippen LogP contribution in [-0.4, -0.2) is 12.2 Å². The van der Waals surface area contributed by atoms with Crippen molar-refractivity contribution >= 4 is 6.08 Å². The van der Waals surface area contributed by atoms with Crippen molar-refractivity contribution in [2.24, 2.45) is 0 Å². The maximum atomic E-state index is 10.6. The normalized spacial score (nSPS) is 20.9. The fraction of sp³-hybridized carbons (Fsp3) is 0.176. The first-order valence-electron chi connectivity index (χ1n) is 6.39. The minimum atomic E-state index is -0.530. The molecule has 2 heteroatoms. The number of rotatable bonds is 2. The molecule has 0 fully saturated rings. The van der Waals surface area contributed by atoms with E-state index in [4.69, 9.17) is 4.74 Å². The van der Waals surface area contributed by atoms with Crippen LogP contribution >= 0.6 is 0 Å². The molecule has 0 saturated carbocycles. The molecule has 19 heavy (non-hydrogen) atoms. The van der Waals surface area contributed by atoms with Crippen molar-refractivity contribution < 1.29 is 9.84 Å². The molecule has 1 aliphatic rings. The van der Waals surface area contributed by atoms with Gasteiger partial charge in [0.1, 0.15) is 5.75 Å². The molecular formula is C17H16O2. The van der Waals surface area contributed by atoms with E-state index in [0.717, 1.165) is 22.4 Å². The Morgan fingerprint density at radius 3 is 2.42 bits per heavy atom. The molecule has 0 aromatic heterocycles. The summed E-state index contributed by atoms with van der Waals surface area (Å²) in [5.74, 6) is 0.752. The van der Waals surface area contributed by atoms with Gasteiger partial charge in [0.05, 0.1) is 13.2 Å². The molecule has 3 rings (SSSR count). The molecular weight excluding hydrogens is 236 g/mol. The predicted octanol–water partition coefficient (Wildman–Crippen LogP) is 3.54. The van der Waals surface area contributed by atoms with E-state index in [1.807, 2.05) is 54.6 Å². The highest BCUT2D eigenvalue weighted by Crippen LogP contribution is 2.41. The Bertz CT molecular complexity index is 616. The molecule has 0 radical (unpaired) electrons. The molecule has 2 atom stereocenters. The van der Waals surface area contributed by atoms with Crippen LogP contribution in [0.15, 0.2) is 54.6 Å². The van der Waals surface area contributed by atoms with Gasteiger partial charge in [-0.3, -0.25) is 0 Å². The second-order valence-corrected chi connectivity index (χ2v) is 4.70. The van der Waals surface area contributed by atoms with Gasteiger partial charge in [0.2, 0.25) is 0 Å². The zero-order chi connectivity index (χ0) is 13.2. The molecule has 0 amide bonds. The zero-order valence-electron chi connectivity index (χ0n) is 10.8. The Labute approximate surface area is 113 Å². The number of para-hydroxylation sites is 1. The number of fused-ring (bicyclic) bond motifs is 1. The van der Waals surface area contributed by atoms with Crippen molar-refractivity contribution in [2.45, 2.75) is 12.0 Å². The highest BCUT2D eigenvalue weighted by atomic mass is 16.5. The molecule has 0 aliphatic heterocycles. The monoisotopic (exact) mass is 252 g/mol. The van der Waals surface area contributed by atoms with Gasteiger partial charge in [-0.25, -0.2) is 0 Å². The third-order valence-corrected chi connectivity index (χ3v) is 3.64. The van der Waals surface area contributed by atoms with Crippen molar-refractivity contribution in [3.8, 4) is 5.75 Å². The Morgan fingerprint density at radius 2 is 1.63 bits per heavy atom. The summed E-state index contributed by atoms with van der Waals surface area (Å²) in [5.41, 5.74) is 3.07. The van der Waals surface area contributed by atoms with Crippen LogP contribution in [-0.2, 0) is 0 Å². The summed E-state index contributed by atoms with van der Waals surface area (Å²) in [4.78, 5) is 0. The Balaban J connectivity index is 2.05. The van der Waals surface area contributed by atoms with Crippen LogP contribution in [0.25, 0.3) is 6.08 Å². The van der Waals surface area contributed by atoms with Crippen LogP contribution in [0, 0.1) is 0 Å². The summed E-state index contributed by atoms with van der Waals surface area (Å²) in [6.07, 6.45) is 3.58. The maximum Gasteiger partial charge on any atom is 0.122 e. The lowest BCUT2D eigenvalue weighted by atomic mass is 9.82. The van der Waals surface area contributed by atoms with Crippen LogP contribution in [0.1, 0.15) is 28.7 Å². The number of methoxy groups -OCH3 is 1. The summed E-state index contributed by atoms with van der Waals surface area (Å²) in [5, 5.41) is 10.6. The molecule has 0 spiro atoms. The van der Waals surface area contributed by atoms with Crippen molar-refractivity contribution in [3.05, 3.63) is 71.3 Å². The van der Waals surface area contributed by atoms with Crippen molar-refractivity contribution in [3.63, 3.8) is 0 Å². The van der Waals surface area contributed by atoms with Gasteiger partial charge in [-0.15, -0.1) is 0 Å². The van der Waals surface area contributed by atoms with Gasteiger partial charge in [-0.2, -0.15) is 0 Å². The Morgan fingerprint density at radius 1 is 0.947 bits per heavy atom. The lowest BCUT2D eigenvalue weighted by molar-refractivity contribution is 0.159. The zero-order valence-corrected chi connectivity index (χ0v) is 10.8. The van der Waals surface area contributed by atoms with Gasteiger partial charge in [-0.05, 0) is 17.2 Å². The van der Waals surface area contributed by atoms with Crippen LogP contribution in [0.2, 0.25) is 0 Å². The van der Waals surface area contributed by atoms with E-state index in [9.17, 15) is 5.11 Å². The highest BCUT2D eigenvalue weighted by molar-refractivity contribution is 5.60. The third kappa shape index (κ3) is 2.04. The lowest BCUT2D eigenvalue weighted by Gasteiger charge is -2.27. The second kappa shape index (κ2) is 4.90. The van der Waals surface area contributed by atoms with Crippen molar-refractivity contribution in [2.75, 3.05) is 7.11 Å². The smallest absolute Gasteiger partial charge is 0.122 e. The molecule has 1 N–H and O–H groups in total. The maximum absolute atomic E-state index is 10.6. The second-order valence-electron chi connectivity index (χ2n) is 4.70. The largest absolute Gasteiger partial charge is 0.496 e. The number of hydrogen-bond donors (Lipinski definition) is 1. The molecule has 1 aliphatic carbocycles. The number of aliphatic hydroxyl groups excluding tert-OH is 1. The fourth-order valence-corrected chi connectivity index (χ4v) is 2.65. The van der Waals surface area contributed by atoms with E-state index in [1.54, 1.807) is 7.11 Å². The molecule has 0 bridgehead atoms. The van der Waals surface area contributed by atoms with E-state index in [1.165, 1.54) is 0 Å². The number of benzene rings is 2. The van der Waals surface area contributed by atoms with Crippen LogP contribution in [0.5, 0.6) is 5.75 Å². The standard InChI is InChI=1S/C17H16O2/c1-19-16-9-5-4-8-14(16)15-11-10-12-6-2-3-7-13(12)17(15)18/h2-11,15,17-18H,1H3/t15-,17-/m0/s1. The van der Waals surface area contributed by atoms with Gasteiger partial charge in [0, 0.05) is 11.5 Å². The van der Waals surface area contributed by atoms with Gasteiger partial charge in [0.25, 0.3) is 0 Å². The minimum absolute atomic E-state index is 0.0638. The van der Waals surface area contributed by atoms with Crippen LogP contribution < -0.4 is 4.74 Å². The number of aliphatic hydroxyl groups is 1. The van der Waals surface area contributed by atoms with Crippen molar-refractivity contribution in [1.82, 2.24) is 0 Å². The van der Waals surface area contributed by atoms with Gasteiger partial charge in [0.15, 0.2) is 0 Å². The van der Waals surface area contributed by atoms with Gasteiger partial charge in [-0.1, -0.05) is 54.6 Å². The van der Waals surface area contributed by atoms with Crippen LogP contribution in [0.3, 0.4) is 0 Å². The molecule has 0 heterocycles. The highest BCUT2D eigenvalue weighted by Gasteiger charge is 2.27. The summed E-state index contributed by atoms with van der Waals surface area (Å²) in [6.45, 7) is 0. The molecule has 0 unspecified atom stereocenters. The average Bonchev–Trinajstić information content (AvgIpc) is 2.48. The average molecular weight is 252 g/mol. The third-order valence-electron chi connectivity index (χ3n) is 3.64. The molecule has 96 valence electrons. The number of ether oxygens (including phenoxy) is 1. The first-order chi connectivity index (χ1) is 9.31. The first-order valence-corrected chi connectivity index (χ1v) is 6.39. The van der Waals surface area contributed by atoms with Crippen molar-refractivity contribution in [1.29, 1.82) is 0 Å². The van der Waals surface area contributed by atoms with Crippen LogP contribution in [0.4, 0.5) is 0 Å². The SMILES string of the molecule is COc1ccccc1[C@@H]1C=Cc2ccccc2[C@@H]1O. The summed E-state index contributed by atoms with van der Waals surface area (Å²) in [7, 11) is 1.66. The Kier molecular flexibility index (Phi) is 3.10. The van der Waals surface area contributed by atoms with E-state index in [-0.39, 0.29) is 5.92 Å². The first kappa shape index (κ1) is 12.0. The lowest BCUT2D eigenvalue weighted by Crippen LogP contribution is -2.14. The topological polar surface area (TPSA) is 29.5 Å². The van der Waals surface area contributed by atoms with E-state index in [2.05, 4.69) is 6.08 Å². The summed E-state index contributed by atoms with van der Waals surface area (Å²) < 4.78 is 5.39.